The van der Waals surface area contributed by atoms with Crippen LogP contribution in [0.4, 0.5) is 5.69 Å². The van der Waals surface area contributed by atoms with Crippen LogP contribution >= 0.6 is 22.9 Å². The predicted molar refractivity (Wildman–Crippen MR) is 165 cm³/mol. The normalized spacial score (nSPS) is 14.8. The number of nitro groups is 1. The van der Waals surface area contributed by atoms with Crippen LogP contribution in [0.3, 0.4) is 0 Å². The minimum absolute atomic E-state index is 0.0994. The van der Waals surface area contributed by atoms with Gasteiger partial charge in [-0.2, -0.15) is 0 Å². The van der Waals surface area contributed by atoms with E-state index in [1.54, 1.807) is 44.2 Å². The van der Waals surface area contributed by atoms with Crippen molar-refractivity contribution >= 4 is 40.7 Å². The fourth-order valence-electron chi connectivity index (χ4n) is 4.88. The number of nitrogens with zero attached hydrogens (tertiary/aromatic N) is 3. The molecule has 0 spiro atoms. The lowest BCUT2D eigenvalue weighted by Crippen LogP contribution is -2.40. The molecule has 1 atom stereocenters. The number of carbonyl (C=O) groups excluding carboxylic acids is 1. The van der Waals surface area contributed by atoms with E-state index in [0.717, 1.165) is 11.3 Å². The number of carbonyl (C=O) groups is 1. The molecule has 2 aromatic carbocycles. The van der Waals surface area contributed by atoms with Crippen LogP contribution in [0.15, 0.2) is 74.0 Å². The first-order valence-electron chi connectivity index (χ1n) is 13.6. The molecule has 4 aromatic rings. The van der Waals surface area contributed by atoms with Crippen molar-refractivity contribution in [2.75, 3.05) is 13.7 Å². The molecule has 0 N–H and O–H groups in total. The molecule has 228 valence electrons. The van der Waals surface area contributed by atoms with Gasteiger partial charge in [0.1, 0.15) is 11.5 Å². The molecule has 11 nitrogen and oxygen atoms in total. The Hall–Kier alpha value is -4.68. The molecule has 0 saturated carbocycles. The van der Waals surface area contributed by atoms with Gasteiger partial charge in [-0.3, -0.25) is 19.5 Å². The minimum Gasteiger partial charge on any atom is -0.493 e. The van der Waals surface area contributed by atoms with Crippen LogP contribution < -0.4 is 24.4 Å². The Balaban J connectivity index is 1.64. The molecule has 1 aliphatic rings. The zero-order chi connectivity index (χ0) is 31.7. The average molecular weight is 638 g/mol. The van der Waals surface area contributed by atoms with Gasteiger partial charge in [0.15, 0.2) is 16.3 Å². The number of esters is 1. The highest BCUT2D eigenvalue weighted by atomic mass is 35.5. The molecule has 0 saturated heterocycles. The Morgan fingerprint density at radius 1 is 1.20 bits per heavy atom. The fourth-order valence-corrected chi connectivity index (χ4v) is 6.07. The molecule has 2 aromatic heterocycles. The van der Waals surface area contributed by atoms with Crippen LogP contribution in [0.1, 0.15) is 45.1 Å². The highest BCUT2D eigenvalue weighted by molar-refractivity contribution is 7.07. The van der Waals surface area contributed by atoms with Crippen LogP contribution in [-0.2, 0) is 9.53 Å². The number of fused-ring (bicyclic) bond motifs is 1. The third kappa shape index (κ3) is 5.90. The summed E-state index contributed by atoms with van der Waals surface area (Å²) in [6.07, 6.45) is 1.44. The molecular weight excluding hydrogens is 610 g/mol. The van der Waals surface area contributed by atoms with Gasteiger partial charge in [0, 0.05) is 17.2 Å². The van der Waals surface area contributed by atoms with Gasteiger partial charge < -0.3 is 18.6 Å². The van der Waals surface area contributed by atoms with Crippen molar-refractivity contribution in [2.45, 2.75) is 39.8 Å². The maximum Gasteiger partial charge on any atom is 0.338 e. The van der Waals surface area contributed by atoms with Crippen molar-refractivity contribution in [2.24, 2.45) is 4.99 Å². The number of methoxy groups -OCH3 is 1. The van der Waals surface area contributed by atoms with Crippen LogP contribution in [0, 0.1) is 10.1 Å². The first-order valence-corrected chi connectivity index (χ1v) is 14.8. The maximum absolute atomic E-state index is 14.0. The third-order valence-corrected chi connectivity index (χ3v) is 7.92. The van der Waals surface area contributed by atoms with E-state index in [-0.39, 0.29) is 44.9 Å². The Morgan fingerprint density at radius 2 is 1.98 bits per heavy atom. The summed E-state index contributed by atoms with van der Waals surface area (Å²) in [5, 5.41) is 11.8. The fraction of sp³-hybridized carbons (Fsp3) is 0.258. The van der Waals surface area contributed by atoms with Crippen LogP contribution in [0.2, 0.25) is 5.02 Å². The molecule has 0 fully saturated rings. The van der Waals surface area contributed by atoms with E-state index in [4.69, 9.17) is 30.2 Å². The molecule has 13 heteroatoms. The summed E-state index contributed by atoms with van der Waals surface area (Å²) in [6, 6.07) is 11.9. The van der Waals surface area contributed by atoms with Gasteiger partial charge in [-0.05, 0) is 69.7 Å². The summed E-state index contributed by atoms with van der Waals surface area (Å²) in [4.78, 5) is 43.2. The van der Waals surface area contributed by atoms with E-state index in [0.29, 0.717) is 33.3 Å². The number of allylic oxidation sites excluding steroid dienone is 1. The first-order chi connectivity index (χ1) is 21.0. The molecule has 44 heavy (non-hydrogen) atoms. The van der Waals surface area contributed by atoms with Gasteiger partial charge in [0.05, 0.1) is 52.2 Å². The number of rotatable bonds is 9. The van der Waals surface area contributed by atoms with Crippen molar-refractivity contribution in [1.82, 2.24) is 4.57 Å². The zero-order valence-corrected chi connectivity index (χ0v) is 26.0. The second-order valence-corrected chi connectivity index (χ2v) is 11.4. The van der Waals surface area contributed by atoms with Crippen LogP contribution in [0.25, 0.3) is 17.4 Å². The lowest BCUT2D eigenvalue weighted by Gasteiger charge is -2.25. The maximum atomic E-state index is 14.0. The van der Waals surface area contributed by atoms with Crippen molar-refractivity contribution in [3.63, 3.8) is 0 Å². The number of halogens is 1. The van der Waals surface area contributed by atoms with E-state index >= 15 is 0 Å². The van der Waals surface area contributed by atoms with Gasteiger partial charge in [-0.1, -0.05) is 29.0 Å². The van der Waals surface area contributed by atoms with Crippen molar-refractivity contribution in [1.29, 1.82) is 0 Å². The highest BCUT2D eigenvalue weighted by Gasteiger charge is 2.34. The summed E-state index contributed by atoms with van der Waals surface area (Å²) < 4.78 is 24.4. The Kier molecular flexibility index (Phi) is 8.75. The molecule has 0 unspecified atom stereocenters. The number of thiazole rings is 1. The van der Waals surface area contributed by atoms with E-state index in [2.05, 4.69) is 4.99 Å². The number of ether oxygens (including phenoxy) is 3. The average Bonchev–Trinajstić information content (AvgIpc) is 3.56. The van der Waals surface area contributed by atoms with E-state index in [1.165, 1.54) is 36.0 Å². The smallest absolute Gasteiger partial charge is 0.338 e. The molecule has 0 amide bonds. The molecule has 1 aliphatic heterocycles. The third-order valence-electron chi connectivity index (χ3n) is 6.71. The van der Waals surface area contributed by atoms with Gasteiger partial charge in [-0.25, -0.2) is 9.79 Å². The van der Waals surface area contributed by atoms with Gasteiger partial charge in [0.25, 0.3) is 11.2 Å². The predicted octanol–water partition coefficient (Wildman–Crippen LogP) is 5.42. The number of aromatic nitrogens is 1. The number of benzene rings is 2. The van der Waals surface area contributed by atoms with E-state index in [9.17, 15) is 19.7 Å². The molecule has 0 radical (unpaired) electrons. The lowest BCUT2D eigenvalue weighted by molar-refractivity contribution is -0.384. The summed E-state index contributed by atoms with van der Waals surface area (Å²) in [6.45, 7) is 7.34. The van der Waals surface area contributed by atoms with Crippen LogP contribution in [-0.4, -0.2) is 35.3 Å². The van der Waals surface area contributed by atoms with Crippen molar-refractivity contribution < 1.29 is 28.3 Å². The summed E-state index contributed by atoms with van der Waals surface area (Å²) in [5.41, 5.74) is 0.857. The molecule has 0 aliphatic carbocycles. The van der Waals surface area contributed by atoms with Gasteiger partial charge in [0.2, 0.25) is 0 Å². The molecule has 0 bridgehead atoms. The topological polar surface area (TPSA) is 135 Å². The molecule has 5 rings (SSSR count). The van der Waals surface area contributed by atoms with E-state index < -0.39 is 22.5 Å². The summed E-state index contributed by atoms with van der Waals surface area (Å²) in [5.74, 6) is 0.905. The quantitative estimate of drug-likeness (QED) is 0.135. The molecular formula is C31H28ClN3O8S. The van der Waals surface area contributed by atoms with Crippen molar-refractivity contribution in [3.05, 3.63) is 106 Å². The zero-order valence-electron chi connectivity index (χ0n) is 24.5. The van der Waals surface area contributed by atoms with Gasteiger partial charge >= 0.3 is 5.97 Å². The van der Waals surface area contributed by atoms with Crippen LogP contribution in [0.5, 0.6) is 11.5 Å². The number of furan rings is 1. The standard InChI is InChI=1S/C31H28ClN3O8S/c1-6-41-30(37)27-17(4)33-31-34(28(27)18-7-11-24(42-16(2)3)25(13-18)40-5)29(36)26(44-31)15-20-9-12-23(43-20)21-10-8-19(32)14-22(21)35(38)39/h7-16,28H,6H2,1-5H3/b26-15+/t28-/m1/s1. The highest BCUT2D eigenvalue weighted by Crippen LogP contribution is 2.37. The second-order valence-electron chi connectivity index (χ2n) is 10.00. The SMILES string of the molecule is CCOC(=O)C1=C(C)N=c2s/c(=C/c3ccc(-c4ccc(Cl)cc4[N+](=O)[O-])o3)c(=O)n2[C@@H]1c1ccc(OC(C)C)c(OC)c1. The Bertz CT molecular complexity index is 1990. The summed E-state index contributed by atoms with van der Waals surface area (Å²) >= 11 is 7.08. The minimum atomic E-state index is -0.863. The monoisotopic (exact) mass is 637 g/mol. The van der Waals surface area contributed by atoms with E-state index in [1.807, 2.05) is 13.8 Å². The number of hydrogen-bond acceptors (Lipinski definition) is 10. The second kappa shape index (κ2) is 12.5. The number of hydrogen-bond donors (Lipinski definition) is 0. The van der Waals surface area contributed by atoms with Gasteiger partial charge in [-0.15, -0.1) is 0 Å². The largest absolute Gasteiger partial charge is 0.493 e. The lowest BCUT2D eigenvalue weighted by atomic mass is 9.95. The number of nitro benzene ring substituents is 1. The molecule has 3 heterocycles. The van der Waals surface area contributed by atoms with Crippen molar-refractivity contribution in [3.8, 4) is 22.8 Å². The Morgan fingerprint density at radius 3 is 2.66 bits per heavy atom. The first kappa shape index (κ1) is 30.8. The Labute approximate surface area is 260 Å². The summed E-state index contributed by atoms with van der Waals surface area (Å²) in [7, 11) is 1.52.